The van der Waals surface area contributed by atoms with Crippen molar-refractivity contribution in [2.24, 2.45) is 0 Å². The zero-order valence-corrected chi connectivity index (χ0v) is 8.97. The average molecular weight is 216 g/mol. The molecule has 0 saturated carbocycles. The van der Waals surface area contributed by atoms with Crippen molar-refractivity contribution >= 4 is 17.2 Å². The molecular weight excluding hydrogens is 204 g/mol. The van der Waals surface area contributed by atoms with E-state index in [0.717, 1.165) is 10.8 Å². The van der Waals surface area contributed by atoms with Gasteiger partial charge in [0.05, 0.1) is 6.61 Å². The van der Waals surface area contributed by atoms with Gasteiger partial charge in [-0.15, -0.1) is 0 Å². The van der Waals surface area contributed by atoms with Gasteiger partial charge in [0.1, 0.15) is 0 Å². The Labute approximate surface area is 93.6 Å². The van der Waals surface area contributed by atoms with Gasteiger partial charge in [-0.25, -0.2) is 0 Å². The highest BCUT2D eigenvalue weighted by Gasteiger charge is 2.09. The largest absolute Gasteiger partial charge is 0.490 e. The molecule has 0 spiro atoms. The van der Waals surface area contributed by atoms with E-state index < -0.39 is 0 Å². The SMILES string of the molecule is CCOc1ccc2ccccc2c1OC=O. The number of carbonyl (C=O) groups is 1. The molecule has 0 N–H and O–H groups in total. The molecular formula is C13H12O3. The van der Waals surface area contributed by atoms with E-state index in [1.165, 1.54) is 0 Å². The van der Waals surface area contributed by atoms with Crippen molar-refractivity contribution in [1.82, 2.24) is 0 Å². The van der Waals surface area contributed by atoms with Crippen molar-refractivity contribution in [1.29, 1.82) is 0 Å². The molecule has 0 aromatic heterocycles. The lowest BCUT2D eigenvalue weighted by atomic mass is 10.1. The van der Waals surface area contributed by atoms with Crippen LogP contribution in [0.1, 0.15) is 6.92 Å². The Kier molecular flexibility index (Phi) is 3.05. The maximum absolute atomic E-state index is 10.5. The van der Waals surface area contributed by atoms with Crippen LogP contribution in [0.15, 0.2) is 36.4 Å². The lowest BCUT2D eigenvalue weighted by molar-refractivity contribution is -0.120. The first-order valence-corrected chi connectivity index (χ1v) is 5.11. The van der Waals surface area contributed by atoms with Gasteiger partial charge in [-0.2, -0.15) is 0 Å². The topological polar surface area (TPSA) is 35.5 Å². The van der Waals surface area contributed by atoms with Crippen LogP contribution >= 0.6 is 0 Å². The van der Waals surface area contributed by atoms with Crippen LogP contribution in [-0.4, -0.2) is 13.1 Å². The summed E-state index contributed by atoms with van der Waals surface area (Å²) in [5.74, 6) is 1.07. The molecule has 0 bridgehead atoms. The number of hydrogen-bond acceptors (Lipinski definition) is 3. The molecule has 0 atom stereocenters. The number of ether oxygens (including phenoxy) is 2. The summed E-state index contributed by atoms with van der Waals surface area (Å²) in [5.41, 5.74) is 0. The number of hydrogen-bond donors (Lipinski definition) is 0. The number of benzene rings is 2. The Balaban J connectivity index is 2.63. The van der Waals surface area contributed by atoms with Gasteiger partial charge in [0.25, 0.3) is 6.47 Å². The fourth-order valence-corrected chi connectivity index (χ4v) is 1.66. The van der Waals surface area contributed by atoms with E-state index in [1.807, 2.05) is 43.3 Å². The molecule has 0 aliphatic rings. The minimum absolute atomic E-state index is 0.421. The van der Waals surface area contributed by atoms with Gasteiger partial charge in [0.15, 0.2) is 11.5 Å². The Morgan fingerprint density at radius 3 is 2.75 bits per heavy atom. The van der Waals surface area contributed by atoms with E-state index in [0.29, 0.717) is 24.6 Å². The van der Waals surface area contributed by atoms with Gasteiger partial charge in [-0.3, -0.25) is 4.79 Å². The minimum atomic E-state index is 0.421. The third kappa shape index (κ3) is 1.84. The lowest BCUT2D eigenvalue weighted by Gasteiger charge is -2.10. The van der Waals surface area contributed by atoms with E-state index in [9.17, 15) is 4.79 Å². The first kappa shape index (κ1) is 10.5. The molecule has 3 heteroatoms. The summed E-state index contributed by atoms with van der Waals surface area (Å²) in [6, 6.07) is 11.4. The Bertz CT molecular complexity index is 506. The zero-order chi connectivity index (χ0) is 11.4. The summed E-state index contributed by atoms with van der Waals surface area (Å²) in [5, 5.41) is 1.89. The van der Waals surface area contributed by atoms with E-state index in [-0.39, 0.29) is 0 Å². The van der Waals surface area contributed by atoms with E-state index in [1.54, 1.807) is 0 Å². The van der Waals surface area contributed by atoms with E-state index in [4.69, 9.17) is 9.47 Å². The maximum Gasteiger partial charge on any atom is 0.298 e. The molecule has 2 rings (SSSR count). The van der Waals surface area contributed by atoms with E-state index >= 15 is 0 Å². The normalized spacial score (nSPS) is 10.1. The number of fused-ring (bicyclic) bond motifs is 1. The second-order valence-electron chi connectivity index (χ2n) is 3.26. The predicted octanol–water partition coefficient (Wildman–Crippen LogP) is 2.77. The van der Waals surface area contributed by atoms with Crippen LogP contribution in [0.5, 0.6) is 11.5 Å². The van der Waals surface area contributed by atoms with Gasteiger partial charge in [-0.05, 0) is 18.4 Å². The first-order valence-electron chi connectivity index (χ1n) is 5.11. The third-order valence-electron chi connectivity index (χ3n) is 2.31. The van der Waals surface area contributed by atoms with Gasteiger partial charge in [0, 0.05) is 5.39 Å². The highest BCUT2D eigenvalue weighted by molar-refractivity contribution is 5.91. The van der Waals surface area contributed by atoms with Gasteiger partial charge >= 0.3 is 0 Å². The highest BCUT2D eigenvalue weighted by Crippen LogP contribution is 2.35. The lowest BCUT2D eigenvalue weighted by Crippen LogP contribution is -1.97. The van der Waals surface area contributed by atoms with Crippen LogP contribution in [0.3, 0.4) is 0 Å². The molecule has 3 nitrogen and oxygen atoms in total. The van der Waals surface area contributed by atoms with Gasteiger partial charge in [-0.1, -0.05) is 30.3 Å². The maximum atomic E-state index is 10.5. The first-order chi connectivity index (χ1) is 7.86. The second-order valence-corrected chi connectivity index (χ2v) is 3.26. The van der Waals surface area contributed by atoms with Crippen LogP contribution in [0, 0.1) is 0 Å². The highest BCUT2D eigenvalue weighted by atomic mass is 16.5. The van der Waals surface area contributed by atoms with Crippen molar-refractivity contribution in [3.05, 3.63) is 36.4 Å². The van der Waals surface area contributed by atoms with Crippen LogP contribution in [0.4, 0.5) is 0 Å². The van der Waals surface area contributed by atoms with Crippen LogP contribution in [-0.2, 0) is 4.79 Å². The summed E-state index contributed by atoms with van der Waals surface area (Å²) >= 11 is 0. The zero-order valence-electron chi connectivity index (χ0n) is 8.97. The van der Waals surface area contributed by atoms with Crippen molar-refractivity contribution in [2.45, 2.75) is 6.92 Å². The summed E-state index contributed by atoms with van der Waals surface area (Å²) in [6.45, 7) is 2.84. The van der Waals surface area contributed by atoms with Crippen molar-refractivity contribution in [2.75, 3.05) is 6.61 Å². The summed E-state index contributed by atoms with van der Waals surface area (Å²) in [4.78, 5) is 10.5. The molecule has 82 valence electrons. The summed E-state index contributed by atoms with van der Waals surface area (Å²) < 4.78 is 10.4. The monoisotopic (exact) mass is 216 g/mol. The molecule has 0 aliphatic heterocycles. The smallest absolute Gasteiger partial charge is 0.298 e. The van der Waals surface area contributed by atoms with Crippen molar-refractivity contribution in [3.8, 4) is 11.5 Å². The standard InChI is InChI=1S/C13H12O3/c1-2-15-12-8-7-10-5-3-4-6-11(10)13(12)16-9-14/h3-9H,2H2,1H3. The van der Waals surface area contributed by atoms with Gasteiger partial charge < -0.3 is 9.47 Å². The molecule has 0 heterocycles. The molecule has 0 radical (unpaired) electrons. The van der Waals surface area contributed by atoms with Crippen molar-refractivity contribution in [3.63, 3.8) is 0 Å². The fourth-order valence-electron chi connectivity index (χ4n) is 1.66. The average Bonchev–Trinajstić information content (AvgIpc) is 2.32. The Hall–Kier alpha value is -2.03. The Morgan fingerprint density at radius 1 is 1.19 bits per heavy atom. The van der Waals surface area contributed by atoms with Gasteiger partial charge in [0.2, 0.25) is 0 Å². The van der Waals surface area contributed by atoms with E-state index in [2.05, 4.69) is 0 Å². The molecule has 0 saturated heterocycles. The minimum Gasteiger partial charge on any atom is -0.490 e. The molecule has 16 heavy (non-hydrogen) atoms. The molecule has 2 aromatic carbocycles. The molecule has 0 amide bonds. The number of rotatable bonds is 4. The number of carbonyl (C=O) groups excluding carboxylic acids is 1. The molecule has 0 unspecified atom stereocenters. The third-order valence-corrected chi connectivity index (χ3v) is 2.31. The quantitative estimate of drug-likeness (QED) is 0.737. The second kappa shape index (κ2) is 4.66. The molecule has 0 aliphatic carbocycles. The van der Waals surface area contributed by atoms with Crippen LogP contribution in [0.2, 0.25) is 0 Å². The summed E-state index contributed by atoms with van der Waals surface area (Å²) in [7, 11) is 0. The Morgan fingerprint density at radius 2 is 2.00 bits per heavy atom. The van der Waals surface area contributed by atoms with Crippen molar-refractivity contribution < 1.29 is 14.3 Å². The predicted molar refractivity (Wildman–Crippen MR) is 61.8 cm³/mol. The molecule has 0 fully saturated rings. The van der Waals surface area contributed by atoms with Crippen LogP contribution < -0.4 is 9.47 Å². The summed E-state index contributed by atoms with van der Waals surface area (Å²) in [6.07, 6.45) is 0. The fraction of sp³-hybridized carbons (Fsp3) is 0.154. The molecule has 2 aromatic rings. The van der Waals surface area contributed by atoms with Crippen LogP contribution in [0.25, 0.3) is 10.8 Å².